The zero-order valence-electron chi connectivity index (χ0n) is 16.7. The normalized spacial score (nSPS) is 11.3. The van der Waals surface area contributed by atoms with E-state index in [9.17, 15) is 13.2 Å². The molecule has 1 aromatic heterocycles. The number of aromatic nitrogens is 1. The summed E-state index contributed by atoms with van der Waals surface area (Å²) in [7, 11) is -2.10. The van der Waals surface area contributed by atoms with Crippen LogP contribution in [0.3, 0.4) is 0 Å². The zero-order chi connectivity index (χ0) is 21.6. The molecule has 30 heavy (non-hydrogen) atoms. The lowest BCUT2D eigenvalue weighted by molar-refractivity contribution is -0.120. The molecule has 0 fully saturated rings. The Kier molecular flexibility index (Phi) is 7.20. The third-order valence-electron chi connectivity index (χ3n) is 4.30. The molecule has 0 spiro atoms. The predicted octanol–water partition coefficient (Wildman–Crippen LogP) is 2.98. The van der Waals surface area contributed by atoms with Crippen molar-refractivity contribution in [1.29, 1.82) is 0 Å². The molecule has 0 atom stereocenters. The van der Waals surface area contributed by atoms with Gasteiger partial charge in [0.15, 0.2) is 0 Å². The minimum Gasteiger partial charge on any atom is -0.493 e. The van der Waals surface area contributed by atoms with E-state index in [4.69, 9.17) is 4.74 Å². The summed E-state index contributed by atoms with van der Waals surface area (Å²) >= 11 is 1.47. The minimum absolute atomic E-state index is 0.156. The van der Waals surface area contributed by atoms with E-state index in [0.717, 1.165) is 21.9 Å². The van der Waals surface area contributed by atoms with E-state index < -0.39 is 10.0 Å². The highest BCUT2D eigenvalue weighted by Gasteiger charge is 2.13. The number of nitrogens with zero attached hydrogens (tertiary/aromatic N) is 1. The molecule has 0 aliphatic carbocycles. The number of benzene rings is 2. The van der Waals surface area contributed by atoms with Gasteiger partial charge in [0.1, 0.15) is 10.8 Å². The molecule has 7 nitrogen and oxygen atoms in total. The molecule has 2 N–H and O–H groups in total. The van der Waals surface area contributed by atoms with Crippen molar-refractivity contribution < 1.29 is 17.9 Å². The first-order valence-electron chi connectivity index (χ1n) is 9.38. The number of hydrogen-bond donors (Lipinski definition) is 2. The number of ether oxygens (including phenoxy) is 1. The molecular formula is C21H23N3O4S2. The number of thiazole rings is 1. The van der Waals surface area contributed by atoms with E-state index in [1.54, 1.807) is 12.1 Å². The van der Waals surface area contributed by atoms with Gasteiger partial charge in [0.2, 0.25) is 15.9 Å². The van der Waals surface area contributed by atoms with E-state index in [2.05, 4.69) is 15.0 Å². The fourth-order valence-electron chi connectivity index (χ4n) is 2.77. The maximum absolute atomic E-state index is 12.3. The molecule has 0 bridgehead atoms. The quantitative estimate of drug-likeness (QED) is 0.528. The van der Waals surface area contributed by atoms with Crippen LogP contribution in [0.25, 0.3) is 10.6 Å². The van der Waals surface area contributed by atoms with Crippen molar-refractivity contribution >= 4 is 27.3 Å². The highest BCUT2D eigenvalue weighted by molar-refractivity contribution is 7.89. The summed E-state index contributed by atoms with van der Waals surface area (Å²) in [4.78, 5) is 17.0. The van der Waals surface area contributed by atoms with Gasteiger partial charge < -0.3 is 10.1 Å². The Morgan fingerprint density at radius 2 is 1.87 bits per heavy atom. The first-order chi connectivity index (χ1) is 14.4. The van der Waals surface area contributed by atoms with E-state index in [0.29, 0.717) is 18.8 Å². The lowest BCUT2D eigenvalue weighted by Crippen LogP contribution is -2.24. The van der Waals surface area contributed by atoms with Crippen molar-refractivity contribution in [3.05, 3.63) is 65.2 Å². The number of nitrogens with one attached hydrogen (secondary N) is 2. The largest absolute Gasteiger partial charge is 0.493 e. The average Bonchev–Trinajstić information content (AvgIpc) is 3.21. The van der Waals surface area contributed by atoms with Crippen LogP contribution in [0.4, 0.5) is 0 Å². The number of carbonyl (C=O) groups is 1. The van der Waals surface area contributed by atoms with Gasteiger partial charge in [-0.05, 0) is 43.8 Å². The van der Waals surface area contributed by atoms with Gasteiger partial charge in [-0.15, -0.1) is 11.3 Å². The summed E-state index contributed by atoms with van der Waals surface area (Å²) in [6.07, 6.45) is 0.166. The zero-order valence-corrected chi connectivity index (χ0v) is 18.3. The van der Waals surface area contributed by atoms with Crippen LogP contribution >= 0.6 is 11.3 Å². The van der Waals surface area contributed by atoms with Crippen LogP contribution in [0.15, 0.2) is 58.8 Å². The monoisotopic (exact) mass is 445 g/mol. The van der Waals surface area contributed by atoms with Gasteiger partial charge in [0, 0.05) is 11.9 Å². The number of hydrogen-bond acceptors (Lipinski definition) is 6. The van der Waals surface area contributed by atoms with Crippen molar-refractivity contribution in [1.82, 2.24) is 15.0 Å². The van der Waals surface area contributed by atoms with Crippen LogP contribution < -0.4 is 14.8 Å². The van der Waals surface area contributed by atoms with Crippen LogP contribution in [0.5, 0.6) is 5.75 Å². The molecular weight excluding hydrogens is 422 g/mol. The smallest absolute Gasteiger partial charge is 0.240 e. The molecule has 158 valence electrons. The van der Waals surface area contributed by atoms with Crippen molar-refractivity contribution in [3.8, 4) is 16.3 Å². The molecule has 1 amide bonds. The Bertz CT molecular complexity index is 1110. The maximum Gasteiger partial charge on any atom is 0.240 e. The molecule has 0 aliphatic rings. The Balaban J connectivity index is 1.59. The van der Waals surface area contributed by atoms with Gasteiger partial charge in [0.25, 0.3) is 0 Å². The Morgan fingerprint density at radius 3 is 2.57 bits per heavy atom. The molecule has 3 aromatic rings. The maximum atomic E-state index is 12.3. The summed E-state index contributed by atoms with van der Waals surface area (Å²) < 4.78 is 31.4. The van der Waals surface area contributed by atoms with E-state index >= 15 is 0 Å². The molecule has 1 heterocycles. The molecule has 0 unspecified atom stereocenters. The minimum atomic E-state index is -3.47. The molecule has 9 heteroatoms. The summed E-state index contributed by atoms with van der Waals surface area (Å²) in [5.74, 6) is 0.617. The van der Waals surface area contributed by atoms with Crippen LogP contribution in [0.1, 0.15) is 18.2 Å². The van der Waals surface area contributed by atoms with Crippen molar-refractivity contribution in [3.63, 3.8) is 0 Å². The Labute approximate surface area is 180 Å². The first kappa shape index (κ1) is 21.9. The number of amides is 1. The van der Waals surface area contributed by atoms with Gasteiger partial charge in [-0.3, -0.25) is 4.79 Å². The summed E-state index contributed by atoms with van der Waals surface area (Å²) in [5.41, 5.74) is 2.41. The predicted molar refractivity (Wildman–Crippen MR) is 117 cm³/mol. The van der Waals surface area contributed by atoms with Gasteiger partial charge in [-0.2, -0.15) is 0 Å². The molecule has 0 saturated carbocycles. The van der Waals surface area contributed by atoms with Gasteiger partial charge in [-0.1, -0.05) is 24.3 Å². The van der Waals surface area contributed by atoms with Gasteiger partial charge in [0.05, 0.1) is 29.2 Å². The fourth-order valence-corrected chi connectivity index (χ4v) is 4.35. The van der Waals surface area contributed by atoms with Crippen LogP contribution in [0.2, 0.25) is 0 Å². The number of sulfonamides is 1. The summed E-state index contributed by atoms with van der Waals surface area (Å²) in [6, 6.07) is 14.1. The van der Waals surface area contributed by atoms with Crippen molar-refractivity contribution in [2.24, 2.45) is 0 Å². The standard InChI is InChI=1S/C21H23N3O4S2/c1-3-28-19-7-5-4-6-18(19)21-24-16(14-29-21)12-20(25)23-13-15-8-10-17(11-9-15)30(26,27)22-2/h4-11,14,22H,3,12-13H2,1-2H3,(H,23,25). The lowest BCUT2D eigenvalue weighted by Gasteiger charge is -2.07. The number of rotatable bonds is 9. The van der Waals surface area contributed by atoms with Crippen molar-refractivity contribution in [2.45, 2.75) is 24.8 Å². The molecule has 3 rings (SSSR count). The summed E-state index contributed by atoms with van der Waals surface area (Å²) in [5, 5.41) is 5.51. The van der Waals surface area contributed by atoms with E-state index in [1.807, 2.05) is 36.6 Å². The summed E-state index contributed by atoms with van der Waals surface area (Å²) in [6.45, 7) is 2.81. The number of para-hydroxylation sites is 1. The Morgan fingerprint density at radius 1 is 1.13 bits per heavy atom. The third kappa shape index (κ3) is 5.44. The second kappa shape index (κ2) is 9.84. The van der Waals surface area contributed by atoms with Crippen LogP contribution in [-0.4, -0.2) is 33.0 Å². The second-order valence-electron chi connectivity index (χ2n) is 6.38. The third-order valence-corrected chi connectivity index (χ3v) is 6.66. The highest BCUT2D eigenvalue weighted by atomic mass is 32.2. The van der Waals surface area contributed by atoms with Crippen LogP contribution in [-0.2, 0) is 27.8 Å². The molecule has 0 aliphatic heterocycles. The lowest BCUT2D eigenvalue weighted by atomic mass is 10.2. The van der Waals surface area contributed by atoms with Crippen molar-refractivity contribution in [2.75, 3.05) is 13.7 Å². The Hall–Kier alpha value is -2.75. The highest BCUT2D eigenvalue weighted by Crippen LogP contribution is 2.32. The number of carbonyl (C=O) groups excluding carboxylic acids is 1. The van der Waals surface area contributed by atoms with Gasteiger partial charge >= 0.3 is 0 Å². The SMILES string of the molecule is CCOc1ccccc1-c1nc(CC(=O)NCc2ccc(S(=O)(=O)NC)cc2)cs1. The molecule has 2 aromatic carbocycles. The van der Waals surface area contributed by atoms with Gasteiger partial charge in [-0.25, -0.2) is 18.1 Å². The van der Waals surface area contributed by atoms with E-state index in [1.165, 1.54) is 30.5 Å². The van der Waals surface area contributed by atoms with Crippen LogP contribution in [0, 0.1) is 0 Å². The van der Waals surface area contributed by atoms with E-state index in [-0.39, 0.29) is 17.2 Å². The fraction of sp³-hybridized carbons (Fsp3) is 0.238. The average molecular weight is 446 g/mol. The molecule has 0 saturated heterocycles. The second-order valence-corrected chi connectivity index (χ2v) is 9.12. The molecule has 0 radical (unpaired) electrons. The topological polar surface area (TPSA) is 97.4 Å². The first-order valence-corrected chi connectivity index (χ1v) is 11.7.